The summed E-state index contributed by atoms with van der Waals surface area (Å²) in [5, 5.41) is 11.6. The third-order valence-corrected chi connectivity index (χ3v) is 2.81. The lowest BCUT2D eigenvalue weighted by Gasteiger charge is -2.07. The minimum absolute atomic E-state index is 0.115. The molecule has 0 amide bonds. The molecule has 7 heteroatoms. The molecule has 1 aromatic carbocycles. The van der Waals surface area contributed by atoms with Crippen molar-refractivity contribution in [3.63, 3.8) is 0 Å². The quantitative estimate of drug-likeness (QED) is 0.768. The fraction of sp³-hybridized carbons (Fsp3) is 0. The van der Waals surface area contributed by atoms with Crippen LogP contribution in [0.5, 0.6) is 0 Å². The summed E-state index contributed by atoms with van der Waals surface area (Å²) >= 11 is 0. The summed E-state index contributed by atoms with van der Waals surface area (Å²) in [4.78, 5) is 23.1. The Labute approximate surface area is 118 Å². The first kappa shape index (κ1) is 12.9. The molecule has 6 nitrogen and oxygen atoms in total. The summed E-state index contributed by atoms with van der Waals surface area (Å²) in [5.41, 5.74) is 1.08. The van der Waals surface area contributed by atoms with Gasteiger partial charge in [-0.1, -0.05) is 0 Å². The van der Waals surface area contributed by atoms with E-state index < -0.39 is 11.8 Å². The minimum Gasteiger partial charge on any atom is -0.478 e. The van der Waals surface area contributed by atoms with Gasteiger partial charge in [0.15, 0.2) is 5.65 Å². The highest BCUT2D eigenvalue weighted by Crippen LogP contribution is 2.21. The molecule has 3 rings (SSSR count). The first-order valence-corrected chi connectivity index (χ1v) is 6.01. The van der Waals surface area contributed by atoms with Crippen molar-refractivity contribution in [3.05, 3.63) is 54.1 Å². The number of hydrogen-bond donors (Lipinski definition) is 2. The molecule has 0 spiro atoms. The van der Waals surface area contributed by atoms with Gasteiger partial charge < -0.3 is 10.4 Å². The van der Waals surface area contributed by atoms with Gasteiger partial charge in [0.2, 0.25) is 0 Å². The van der Waals surface area contributed by atoms with E-state index in [0.717, 1.165) is 6.07 Å². The number of anilines is 2. The average molecular weight is 284 g/mol. The number of hydrogen-bond acceptors (Lipinski definition) is 5. The second kappa shape index (κ2) is 5.12. The molecule has 104 valence electrons. The fourth-order valence-electron chi connectivity index (χ4n) is 1.81. The van der Waals surface area contributed by atoms with Gasteiger partial charge in [-0.2, -0.15) is 0 Å². The number of nitrogens with zero attached hydrogens (tertiary/aromatic N) is 3. The molecule has 21 heavy (non-hydrogen) atoms. The Hall–Kier alpha value is -3.09. The first-order valence-electron chi connectivity index (χ1n) is 6.01. The number of pyridine rings is 1. The van der Waals surface area contributed by atoms with E-state index in [-0.39, 0.29) is 11.3 Å². The molecule has 2 heterocycles. The van der Waals surface area contributed by atoms with Gasteiger partial charge in [-0.3, -0.25) is 4.98 Å². The van der Waals surface area contributed by atoms with Crippen molar-refractivity contribution in [1.29, 1.82) is 0 Å². The maximum Gasteiger partial charge on any atom is 0.335 e. The Morgan fingerprint density at radius 3 is 2.71 bits per heavy atom. The van der Waals surface area contributed by atoms with Crippen molar-refractivity contribution in [2.45, 2.75) is 0 Å². The van der Waals surface area contributed by atoms with Crippen LogP contribution >= 0.6 is 0 Å². The molecule has 0 bridgehead atoms. The van der Waals surface area contributed by atoms with Gasteiger partial charge in [-0.05, 0) is 30.3 Å². The van der Waals surface area contributed by atoms with Crippen LogP contribution in [0.3, 0.4) is 0 Å². The van der Waals surface area contributed by atoms with Crippen LogP contribution in [0.25, 0.3) is 11.2 Å². The molecule has 2 N–H and O–H groups in total. The minimum atomic E-state index is -1.18. The lowest BCUT2D eigenvalue weighted by molar-refractivity contribution is 0.0696. The van der Waals surface area contributed by atoms with E-state index >= 15 is 0 Å². The second-order valence-electron chi connectivity index (χ2n) is 4.22. The topological polar surface area (TPSA) is 88.0 Å². The molecule has 0 saturated carbocycles. The maximum absolute atomic E-state index is 13.8. The average Bonchev–Trinajstić information content (AvgIpc) is 2.49. The number of rotatable bonds is 3. The number of benzene rings is 1. The molecule has 3 aromatic rings. The van der Waals surface area contributed by atoms with Crippen LogP contribution in [-0.4, -0.2) is 26.0 Å². The summed E-state index contributed by atoms with van der Waals surface area (Å²) in [6.07, 6.45) is 3.07. The van der Waals surface area contributed by atoms with Gasteiger partial charge in [0.25, 0.3) is 0 Å². The standard InChI is InChI=1S/C14H9FN4O2/c15-9-7-8(14(20)21)1-2-10(9)18-12-4-3-11-13(19-12)17-6-5-16-11/h1-7H,(H,20,21)(H,17,18,19). The number of carboxylic acids is 1. The molecule has 0 unspecified atom stereocenters. The van der Waals surface area contributed by atoms with Gasteiger partial charge in [-0.15, -0.1) is 0 Å². The highest BCUT2D eigenvalue weighted by Gasteiger charge is 2.09. The highest BCUT2D eigenvalue weighted by atomic mass is 19.1. The van der Waals surface area contributed by atoms with E-state index in [2.05, 4.69) is 20.3 Å². The van der Waals surface area contributed by atoms with Crippen molar-refractivity contribution in [2.24, 2.45) is 0 Å². The SMILES string of the molecule is O=C(O)c1ccc(Nc2ccc3nccnc3n2)c(F)c1. The van der Waals surface area contributed by atoms with Crippen LogP contribution in [0.4, 0.5) is 15.9 Å². The van der Waals surface area contributed by atoms with Gasteiger partial charge in [0.1, 0.15) is 17.2 Å². The van der Waals surface area contributed by atoms with Crippen LogP contribution in [0.1, 0.15) is 10.4 Å². The van der Waals surface area contributed by atoms with Gasteiger partial charge in [0.05, 0.1) is 11.3 Å². The molecule has 0 atom stereocenters. The molecule has 0 aliphatic heterocycles. The Balaban J connectivity index is 1.93. The van der Waals surface area contributed by atoms with Gasteiger partial charge in [-0.25, -0.2) is 19.2 Å². The second-order valence-corrected chi connectivity index (χ2v) is 4.22. The van der Waals surface area contributed by atoms with E-state index in [1.165, 1.54) is 18.3 Å². The van der Waals surface area contributed by atoms with E-state index in [1.807, 2.05) is 0 Å². The molecule has 0 aliphatic carbocycles. The van der Waals surface area contributed by atoms with Crippen molar-refractivity contribution in [3.8, 4) is 0 Å². The summed E-state index contributed by atoms with van der Waals surface area (Å²) in [5.74, 6) is -1.46. The smallest absolute Gasteiger partial charge is 0.335 e. The lowest BCUT2D eigenvalue weighted by Crippen LogP contribution is -2.01. The Bertz CT molecular complexity index is 838. The van der Waals surface area contributed by atoms with Crippen molar-refractivity contribution < 1.29 is 14.3 Å². The van der Waals surface area contributed by atoms with E-state index in [4.69, 9.17) is 5.11 Å². The van der Waals surface area contributed by atoms with Crippen LogP contribution in [0.15, 0.2) is 42.7 Å². The Morgan fingerprint density at radius 2 is 1.95 bits per heavy atom. The molecule has 0 fully saturated rings. The van der Waals surface area contributed by atoms with Crippen LogP contribution in [-0.2, 0) is 0 Å². The van der Waals surface area contributed by atoms with E-state index in [1.54, 1.807) is 18.3 Å². The Kier molecular flexibility index (Phi) is 3.15. The van der Waals surface area contributed by atoms with Crippen molar-refractivity contribution in [2.75, 3.05) is 5.32 Å². The number of fused-ring (bicyclic) bond motifs is 1. The zero-order valence-electron chi connectivity index (χ0n) is 10.6. The lowest BCUT2D eigenvalue weighted by atomic mass is 10.2. The number of aromatic nitrogens is 3. The molecule has 0 aliphatic rings. The zero-order chi connectivity index (χ0) is 14.8. The van der Waals surface area contributed by atoms with Crippen LogP contribution in [0, 0.1) is 5.82 Å². The maximum atomic E-state index is 13.8. The largest absolute Gasteiger partial charge is 0.478 e. The number of carbonyl (C=O) groups is 1. The summed E-state index contributed by atoms with van der Waals surface area (Å²) < 4.78 is 13.8. The van der Waals surface area contributed by atoms with Crippen LogP contribution in [0.2, 0.25) is 0 Å². The summed E-state index contributed by atoms with van der Waals surface area (Å²) in [6, 6.07) is 6.96. The molecule has 0 radical (unpaired) electrons. The monoisotopic (exact) mass is 284 g/mol. The predicted octanol–water partition coefficient (Wildman–Crippen LogP) is 2.61. The predicted molar refractivity (Wildman–Crippen MR) is 74.0 cm³/mol. The summed E-state index contributed by atoms with van der Waals surface area (Å²) in [7, 11) is 0. The van der Waals surface area contributed by atoms with E-state index in [9.17, 15) is 9.18 Å². The number of nitrogens with one attached hydrogen (secondary N) is 1. The van der Waals surface area contributed by atoms with Crippen LogP contribution < -0.4 is 5.32 Å². The molecule has 0 saturated heterocycles. The number of aromatic carboxylic acids is 1. The summed E-state index contributed by atoms with van der Waals surface area (Å²) in [6.45, 7) is 0. The number of halogens is 1. The first-order chi connectivity index (χ1) is 10.1. The van der Waals surface area contributed by atoms with Crippen molar-refractivity contribution >= 4 is 28.6 Å². The van der Waals surface area contributed by atoms with Crippen molar-refractivity contribution in [1.82, 2.24) is 15.0 Å². The van der Waals surface area contributed by atoms with E-state index in [0.29, 0.717) is 17.0 Å². The number of carboxylic acid groups (broad SMARTS) is 1. The molecular formula is C14H9FN4O2. The van der Waals surface area contributed by atoms with Gasteiger partial charge in [0, 0.05) is 12.4 Å². The Morgan fingerprint density at radius 1 is 1.14 bits per heavy atom. The zero-order valence-corrected chi connectivity index (χ0v) is 10.6. The molecule has 2 aromatic heterocycles. The third-order valence-electron chi connectivity index (χ3n) is 2.81. The highest BCUT2D eigenvalue weighted by molar-refractivity contribution is 5.88. The molecular weight excluding hydrogens is 275 g/mol. The van der Waals surface area contributed by atoms with Gasteiger partial charge >= 0.3 is 5.97 Å². The third kappa shape index (κ3) is 2.62. The fourth-order valence-corrected chi connectivity index (χ4v) is 1.81. The normalized spacial score (nSPS) is 10.5.